The number of hydrogen-bond donors (Lipinski definition) is 1. The van der Waals surface area contributed by atoms with E-state index in [0.29, 0.717) is 6.42 Å². The Labute approximate surface area is 116 Å². The monoisotopic (exact) mass is 280 g/mol. The average molecular weight is 280 g/mol. The number of carboxylic acid groups (broad SMARTS) is 1. The van der Waals surface area contributed by atoms with E-state index in [1.54, 1.807) is 13.0 Å². The van der Waals surface area contributed by atoms with Crippen molar-refractivity contribution in [3.05, 3.63) is 35.4 Å². The van der Waals surface area contributed by atoms with E-state index < -0.39 is 24.0 Å². The fraction of sp³-hybridized carbons (Fsp3) is 0.357. The standard InChI is InChI=1S/C14H16O6/c1-3-10(8-19-9(2)15)20-14(18)12-7-5-4-6-11(12)13(16)17/h4-7,10H,3,8H2,1-2H3,(H,16,17). The van der Waals surface area contributed by atoms with E-state index in [-0.39, 0.29) is 17.7 Å². The van der Waals surface area contributed by atoms with E-state index in [1.807, 2.05) is 0 Å². The van der Waals surface area contributed by atoms with Crippen LogP contribution in [0.1, 0.15) is 41.0 Å². The highest BCUT2D eigenvalue weighted by Crippen LogP contribution is 2.12. The smallest absolute Gasteiger partial charge is 0.339 e. The maximum absolute atomic E-state index is 12.0. The Hall–Kier alpha value is -2.37. The van der Waals surface area contributed by atoms with Gasteiger partial charge in [0.25, 0.3) is 0 Å². The highest BCUT2D eigenvalue weighted by Gasteiger charge is 2.20. The molecule has 6 nitrogen and oxygen atoms in total. The van der Waals surface area contributed by atoms with E-state index in [2.05, 4.69) is 0 Å². The van der Waals surface area contributed by atoms with Crippen LogP contribution in [0.4, 0.5) is 0 Å². The quantitative estimate of drug-likeness (QED) is 0.800. The Balaban J connectivity index is 2.79. The van der Waals surface area contributed by atoms with E-state index in [4.69, 9.17) is 14.6 Å². The lowest BCUT2D eigenvalue weighted by molar-refractivity contribution is -0.144. The van der Waals surface area contributed by atoms with Gasteiger partial charge in [0, 0.05) is 6.92 Å². The van der Waals surface area contributed by atoms with E-state index >= 15 is 0 Å². The Morgan fingerprint density at radius 1 is 1.20 bits per heavy atom. The van der Waals surface area contributed by atoms with Crippen LogP contribution in [0.3, 0.4) is 0 Å². The van der Waals surface area contributed by atoms with Gasteiger partial charge in [-0.05, 0) is 18.6 Å². The second-order valence-corrected chi connectivity index (χ2v) is 4.09. The summed E-state index contributed by atoms with van der Waals surface area (Å²) in [6, 6.07) is 5.78. The third-order valence-corrected chi connectivity index (χ3v) is 2.58. The van der Waals surface area contributed by atoms with Crippen molar-refractivity contribution >= 4 is 17.9 Å². The summed E-state index contributed by atoms with van der Waals surface area (Å²) < 4.78 is 9.92. The molecule has 0 aromatic heterocycles. The number of carboxylic acids is 1. The predicted octanol–water partition coefficient (Wildman–Crippen LogP) is 1.88. The van der Waals surface area contributed by atoms with Crippen molar-refractivity contribution in [2.45, 2.75) is 26.4 Å². The number of ether oxygens (including phenoxy) is 2. The molecule has 0 spiro atoms. The number of aromatic carboxylic acids is 1. The fourth-order valence-corrected chi connectivity index (χ4v) is 1.51. The molecule has 0 bridgehead atoms. The number of rotatable bonds is 6. The lowest BCUT2D eigenvalue weighted by Crippen LogP contribution is -2.25. The number of carbonyl (C=O) groups excluding carboxylic acids is 2. The minimum Gasteiger partial charge on any atom is -0.478 e. The van der Waals surface area contributed by atoms with Crippen molar-refractivity contribution in [3.63, 3.8) is 0 Å². The second-order valence-electron chi connectivity index (χ2n) is 4.09. The third-order valence-electron chi connectivity index (χ3n) is 2.58. The molecule has 0 saturated carbocycles. The van der Waals surface area contributed by atoms with Gasteiger partial charge < -0.3 is 14.6 Å². The first-order valence-electron chi connectivity index (χ1n) is 6.12. The fourth-order valence-electron chi connectivity index (χ4n) is 1.51. The van der Waals surface area contributed by atoms with Gasteiger partial charge in [0.15, 0.2) is 0 Å². The van der Waals surface area contributed by atoms with Crippen LogP contribution >= 0.6 is 0 Å². The lowest BCUT2D eigenvalue weighted by atomic mass is 10.1. The van der Waals surface area contributed by atoms with Crippen LogP contribution in [-0.2, 0) is 14.3 Å². The molecule has 1 rings (SSSR count). The number of hydrogen-bond acceptors (Lipinski definition) is 5. The van der Waals surface area contributed by atoms with Gasteiger partial charge in [-0.25, -0.2) is 9.59 Å². The first kappa shape index (κ1) is 15.7. The molecule has 0 amide bonds. The first-order valence-corrected chi connectivity index (χ1v) is 6.12. The van der Waals surface area contributed by atoms with Crippen molar-refractivity contribution in [1.29, 1.82) is 0 Å². The Bertz CT molecular complexity index is 508. The Morgan fingerprint density at radius 2 is 1.80 bits per heavy atom. The van der Waals surface area contributed by atoms with Gasteiger partial charge >= 0.3 is 17.9 Å². The lowest BCUT2D eigenvalue weighted by Gasteiger charge is -2.16. The van der Waals surface area contributed by atoms with Crippen LogP contribution in [0.5, 0.6) is 0 Å². The molecular weight excluding hydrogens is 264 g/mol. The van der Waals surface area contributed by atoms with E-state index in [9.17, 15) is 14.4 Å². The molecule has 0 heterocycles. The summed E-state index contributed by atoms with van der Waals surface area (Å²) in [6.07, 6.45) is -0.151. The van der Waals surface area contributed by atoms with Gasteiger partial charge in [-0.2, -0.15) is 0 Å². The molecule has 1 N–H and O–H groups in total. The Morgan fingerprint density at radius 3 is 2.30 bits per heavy atom. The number of carbonyl (C=O) groups is 3. The van der Waals surface area contributed by atoms with Crippen LogP contribution in [0.2, 0.25) is 0 Å². The number of esters is 2. The molecule has 1 aromatic rings. The van der Waals surface area contributed by atoms with Crippen molar-refractivity contribution < 1.29 is 29.0 Å². The summed E-state index contributed by atoms with van der Waals surface area (Å²) in [6.45, 7) is 2.98. The zero-order valence-electron chi connectivity index (χ0n) is 11.3. The Kier molecular flexibility index (Phi) is 5.71. The molecule has 0 fully saturated rings. The topological polar surface area (TPSA) is 89.9 Å². The van der Waals surface area contributed by atoms with Crippen LogP contribution in [-0.4, -0.2) is 35.7 Å². The van der Waals surface area contributed by atoms with Crippen molar-refractivity contribution in [2.75, 3.05) is 6.61 Å². The molecule has 1 aromatic carbocycles. The highest BCUT2D eigenvalue weighted by atomic mass is 16.6. The zero-order valence-corrected chi connectivity index (χ0v) is 11.3. The van der Waals surface area contributed by atoms with Gasteiger partial charge in [-0.1, -0.05) is 19.1 Å². The molecule has 0 saturated heterocycles. The summed E-state index contributed by atoms with van der Waals surface area (Å²) in [5, 5.41) is 9.00. The van der Waals surface area contributed by atoms with Crippen LogP contribution in [0.15, 0.2) is 24.3 Å². The van der Waals surface area contributed by atoms with E-state index in [0.717, 1.165) is 0 Å². The summed E-state index contributed by atoms with van der Waals surface area (Å²) in [5.41, 5.74) is -0.152. The molecule has 1 unspecified atom stereocenters. The zero-order chi connectivity index (χ0) is 15.1. The average Bonchev–Trinajstić information content (AvgIpc) is 2.42. The predicted molar refractivity (Wildman–Crippen MR) is 69.5 cm³/mol. The molecule has 6 heteroatoms. The van der Waals surface area contributed by atoms with Gasteiger partial charge in [0.2, 0.25) is 0 Å². The molecule has 0 radical (unpaired) electrons. The van der Waals surface area contributed by atoms with Crippen LogP contribution in [0.25, 0.3) is 0 Å². The molecular formula is C14H16O6. The van der Waals surface area contributed by atoms with Crippen molar-refractivity contribution in [3.8, 4) is 0 Å². The minimum atomic E-state index is -1.20. The summed E-state index contributed by atoms with van der Waals surface area (Å²) >= 11 is 0. The third kappa shape index (κ3) is 4.38. The summed E-state index contributed by atoms with van der Waals surface area (Å²) in [4.78, 5) is 33.7. The normalized spacial score (nSPS) is 11.5. The first-order chi connectivity index (χ1) is 9.45. The largest absolute Gasteiger partial charge is 0.478 e. The van der Waals surface area contributed by atoms with Crippen molar-refractivity contribution in [2.24, 2.45) is 0 Å². The summed E-state index contributed by atoms with van der Waals surface area (Å²) in [7, 11) is 0. The maximum Gasteiger partial charge on any atom is 0.339 e. The molecule has 0 aliphatic heterocycles. The van der Waals surface area contributed by atoms with Crippen LogP contribution in [0, 0.1) is 0 Å². The molecule has 20 heavy (non-hydrogen) atoms. The molecule has 108 valence electrons. The van der Waals surface area contributed by atoms with Crippen molar-refractivity contribution in [1.82, 2.24) is 0 Å². The van der Waals surface area contributed by atoms with Gasteiger partial charge in [-0.15, -0.1) is 0 Å². The molecule has 0 aliphatic carbocycles. The second kappa shape index (κ2) is 7.28. The molecule has 1 atom stereocenters. The van der Waals surface area contributed by atoms with Crippen LogP contribution < -0.4 is 0 Å². The van der Waals surface area contributed by atoms with Gasteiger partial charge in [0.1, 0.15) is 12.7 Å². The van der Waals surface area contributed by atoms with E-state index in [1.165, 1.54) is 25.1 Å². The highest BCUT2D eigenvalue weighted by molar-refractivity contribution is 6.02. The summed E-state index contributed by atoms with van der Waals surface area (Å²) in [5.74, 6) is -2.42. The minimum absolute atomic E-state index is 0.0266. The molecule has 0 aliphatic rings. The van der Waals surface area contributed by atoms with Gasteiger partial charge in [-0.3, -0.25) is 4.79 Å². The maximum atomic E-state index is 12.0. The number of benzene rings is 1. The van der Waals surface area contributed by atoms with Gasteiger partial charge in [0.05, 0.1) is 11.1 Å². The SMILES string of the molecule is CCC(COC(C)=O)OC(=O)c1ccccc1C(=O)O.